The lowest BCUT2D eigenvalue weighted by molar-refractivity contribution is -0.137. The molecule has 2 rings (SSSR count). The van der Waals surface area contributed by atoms with Crippen LogP contribution in [0.1, 0.15) is 25.3 Å². The van der Waals surface area contributed by atoms with Gasteiger partial charge >= 0.3 is 0 Å². The Morgan fingerprint density at radius 2 is 2.00 bits per heavy atom. The van der Waals surface area contributed by atoms with Crippen LogP contribution >= 0.6 is 0 Å². The van der Waals surface area contributed by atoms with Gasteiger partial charge in [-0.2, -0.15) is 0 Å². The number of nitrogens with zero attached hydrogens (tertiary/aromatic N) is 1. The van der Waals surface area contributed by atoms with Crippen molar-refractivity contribution in [2.75, 3.05) is 13.7 Å². The highest BCUT2D eigenvalue weighted by atomic mass is 16.5. The Morgan fingerprint density at radius 3 is 2.53 bits per heavy atom. The third-order valence-electron chi connectivity index (χ3n) is 3.55. The van der Waals surface area contributed by atoms with Gasteiger partial charge in [0.2, 0.25) is 5.91 Å². The van der Waals surface area contributed by atoms with E-state index in [0.717, 1.165) is 24.2 Å². The zero-order valence-corrected chi connectivity index (χ0v) is 11.6. The number of hydrogen-bond acceptors (Lipinski definition) is 3. The molecular weight excluding hydrogens is 240 g/mol. The molecular formula is C15H22N2O2. The van der Waals surface area contributed by atoms with Gasteiger partial charge in [0.15, 0.2) is 0 Å². The smallest absolute Gasteiger partial charge is 0.225 e. The van der Waals surface area contributed by atoms with Crippen LogP contribution in [0.25, 0.3) is 0 Å². The third-order valence-corrected chi connectivity index (χ3v) is 3.55. The van der Waals surface area contributed by atoms with Crippen molar-refractivity contribution in [3.05, 3.63) is 29.8 Å². The Balaban J connectivity index is 1.87. The van der Waals surface area contributed by atoms with E-state index in [4.69, 9.17) is 10.5 Å². The molecule has 0 saturated heterocycles. The molecule has 1 aromatic carbocycles. The van der Waals surface area contributed by atoms with E-state index in [1.807, 2.05) is 38.2 Å². The van der Waals surface area contributed by atoms with E-state index in [1.165, 1.54) is 0 Å². The topological polar surface area (TPSA) is 55.6 Å². The summed E-state index contributed by atoms with van der Waals surface area (Å²) in [5.74, 6) is 1.20. The highest BCUT2D eigenvalue weighted by Crippen LogP contribution is 2.27. The van der Waals surface area contributed by atoms with Gasteiger partial charge in [0.05, 0.1) is 6.61 Å². The van der Waals surface area contributed by atoms with E-state index in [9.17, 15) is 4.79 Å². The fourth-order valence-electron chi connectivity index (χ4n) is 2.38. The molecule has 19 heavy (non-hydrogen) atoms. The Bertz CT molecular complexity index is 424. The zero-order chi connectivity index (χ0) is 13.8. The molecule has 0 aromatic heterocycles. The van der Waals surface area contributed by atoms with E-state index in [0.29, 0.717) is 13.2 Å². The number of carbonyl (C=O) groups is 1. The van der Waals surface area contributed by atoms with Gasteiger partial charge in [-0.25, -0.2) is 0 Å². The number of ether oxygens (including phenoxy) is 1. The Hall–Kier alpha value is -1.55. The van der Waals surface area contributed by atoms with E-state index in [1.54, 1.807) is 4.90 Å². The summed E-state index contributed by atoms with van der Waals surface area (Å²) in [6.45, 7) is 3.26. The van der Waals surface area contributed by atoms with Gasteiger partial charge in [-0.1, -0.05) is 12.1 Å². The molecule has 0 aliphatic heterocycles. The summed E-state index contributed by atoms with van der Waals surface area (Å²) in [5, 5.41) is 0. The van der Waals surface area contributed by atoms with Gasteiger partial charge in [-0.3, -0.25) is 4.79 Å². The van der Waals surface area contributed by atoms with Crippen LogP contribution in [0.4, 0.5) is 0 Å². The maximum Gasteiger partial charge on any atom is 0.225 e. The molecule has 0 radical (unpaired) electrons. The molecule has 1 fully saturated rings. The van der Waals surface area contributed by atoms with Crippen molar-refractivity contribution in [2.24, 2.45) is 11.7 Å². The highest BCUT2D eigenvalue weighted by molar-refractivity contribution is 5.79. The number of carbonyl (C=O) groups excluding carboxylic acids is 1. The Morgan fingerprint density at radius 1 is 1.37 bits per heavy atom. The van der Waals surface area contributed by atoms with Crippen LogP contribution < -0.4 is 10.5 Å². The zero-order valence-electron chi connectivity index (χ0n) is 11.6. The van der Waals surface area contributed by atoms with Crippen molar-refractivity contribution in [1.82, 2.24) is 4.90 Å². The predicted molar refractivity (Wildman–Crippen MR) is 74.8 cm³/mol. The molecule has 0 spiro atoms. The molecule has 0 unspecified atom stereocenters. The van der Waals surface area contributed by atoms with Crippen LogP contribution in [0.5, 0.6) is 5.75 Å². The second kappa shape index (κ2) is 6.06. The maximum atomic E-state index is 12.1. The molecule has 1 aromatic rings. The van der Waals surface area contributed by atoms with E-state index in [-0.39, 0.29) is 17.9 Å². The second-order valence-electron chi connectivity index (χ2n) is 5.20. The molecule has 4 nitrogen and oxygen atoms in total. The largest absolute Gasteiger partial charge is 0.494 e. The maximum absolute atomic E-state index is 12.1. The summed E-state index contributed by atoms with van der Waals surface area (Å²) >= 11 is 0. The molecule has 1 amide bonds. The second-order valence-corrected chi connectivity index (χ2v) is 5.20. The average molecular weight is 262 g/mol. The van der Waals surface area contributed by atoms with Gasteiger partial charge in [0, 0.05) is 25.6 Å². The first-order chi connectivity index (χ1) is 9.10. The highest BCUT2D eigenvalue weighted by Gasteiger charge is 2.33. The molecule has 1 aliphatic carbocycles. The van der Waals surface area contributed by atoms with Crippen molar-refractivity contribution < 1.29 is 9.53 Å². The fourth-order valence-corrected chi connectivity index (χ4v) is 2.38. The van der Waals surface area contributed by atoms with Gasteiger partial charge in [0.25, 0.3) is 0 Å². The van der Waals surface area contributed by atoms with Gasteiger partial charge < -0.3 is 15.4 Å². The fraction of sp³-hybridized carbons (Fsp3) is 0.533. The molecule has 104 valence electrons. The first-order valence-electron chi connectivity index (χ1n) is 6.82. The molecule has 2 N–H and O–H groups in total. The third kappa shape index (κ3) is 3.47. The number of benzene rings is 1. The van der Waals surface area contributed by atoms with Crippen LogP contribution in [-0.2, 0) is 11.3 Å². The number of nitrogens with two attached hydrogens (primary N) is 1. The average Bonchev–Trinajstić information content (AvgIpc) is 2.37. The Kier molecular flexibility index (Phi) is 4.43. The first kappa shape index (κ1) is 13.9. The van der Waals surface area contributed by atoms with Gasteiger partial charge in [-0.15, -0.1) is 0 Å². The SMILES string of the molecule is CCOc1ccc(CN(C)C(=O)C2CC(N)C2)cc1. The first-order valence-corrected chi connectivity index (χ1v) is 6.82. The Labute approximate surface area is 114 Å². The van der Waals surface area contributed by atoms with Crippen LogP contribution in [0.2, 0.25) is 0 Å². The number of hydrogen-bond donors (Lipinski definition) is 1. The summed E-state index contributed by atoms with van der Waals surface area (Å²) < 4.78 is 5.40. The number of amides is 1. The van der Waals surface area contributed by atoms with Crippen molar-refractivity contribution in [2.45, 2.75) is 32.4 Å². The van der Waals surface area contributed by atoms with Crippen LogP contribution in [0, 0.1) is 5.92 Å². The summed E-state index contributed by atoms with van der Waals surface area (Å²) in [4.78, 5) is 13.9. The van der Waals surface area contributed by atoms with E-state index < -0.39 is 0 Å². The van der Waals surface area contributed by atoms with Gasteiger partial charge in [-0.05, 0) is 37.5 Å². The molecule has 0 heterocycles. The standard InChI is InChI=1S/C15H22N2O2/c1-3-19-14-6-4-11(5-7-14)10-17(2)15(18)12-8-13(16)9-12/h4-7,12-13H,3,8-10,16H2,1-2H3. The minimum absolute atomic E-state index is 0.127. The van der Waals surface area contributed by atoms with E-state index >= 15 is 0 Å². The molecule has 1 saturated carbocycles. The lowest BCUT2D eigenvalue weighted by Gasteiger charge is -2.34. The van der Waals surface area contributed by atoms with Crippen molar-refractivity contribution in [1.29, 1.82) is 0 Å². The van der Waals surface area contributed by atoms with Crippen molar-refractivity contribution in [3.8, 4) is 5.75 Å². The summed E-state index contributed by atoms with van der Waals surface area (Å²) in [7, 11) is 1.85. The van der Waals surface area contributed by atoms with E-state index in [2.05, 4.69) is 0 Å². The molecule has 0 bridgehead atoms. The summed E-state index contributed by atoms with van der Waals surface area (Å²) in [6.07, 6.45) is 1.65. The summed E-state index contributed by atoms with van der Waals surface area (Å²) in [5.41, 5.74) is 6.83. The number of rotatable bonds is 5. The predicted octanol–water partition coefficient (Wildman–Crippen LogP) is 1.78. The van der Waals surface area contributed by atoms with Crippen LogP contribution in [-0.4, -0.2) is 30.5 Å². The molecule has 4 heteroatoms. The van der Waals surface area contributed by atoms with Crippen LogP contribution in [0.3, 0.4) is 0 Å². The minimum Gasteiger partial charge on any atom is -0.494 e. The minimum atomic E-state index is 0.127. The van der Waals surface area contributed by atoms with Crippen LogP contribution in [0.15, 0.2) is 24.3 Å². The summed E-state index contributed by atoms with van der Waals surface area (Å²) in [6, 6.07) is 8.10. The molecule has 1 aliphatic rings. The quantitative estimate of drug-likeness (QED) is 0.880. The normalized spacial score (nSPS) is 21.6. The molecule has 0 atom stereocenters. The monoisotopic (exact) mass is 262 g/mol. The lowest BCUT2D eigenvalue weighted by Crippen LogP contribution is -2.45. The van der Waals surface area contributed by atoms with Crippen molar-refractivity contribution >= 4 is 5.91 Å². The van der Waals surface area contributed by atoms with Gasteiger partial charge in [0.1, 0.15) is 5.75 Å². The lowest BCUT2D eigenvalue weighted by atomic mass is 9.80. The van der Waals surface area contributed by atoms with Crippen molar-refractivity contribution in [3.63, 3.8) is 0 Å².